The zero-order valence-electron chi connectivity index (χ0n) is 12.1. The van der Waals surface area contributed by atoms with Crippen LogP contribution in [0.2, 0.25) is 4.34 Å². The molecule has 1 N–H and O–H groups in total. The lowest BCUT2D eigenvalue weighted by molar-refractivity contribution is 0.584. The molecule has 0 amide bonds. The minimum atomic E-state index is -3.55. The van der Waals surface area contributed by atoms with E-state index in [9.17, 15) is 8.42 Å². The first-order valence-electron chi connectivity index (χ1n) is 6.72. The summed E-state index contributed by atoms with van der Waals surface area (Å²) in [6.45, 7) is 2.10. The first-order chi connectivity index (χ1) is 11.0. The fraction of sp³-hybridized carbons (Fsp3) is 0.133. The van der Waals surface area contributed by atoms with Gasteiger partial charge in [-0.15, -0.1) is 22.7 Å². The van der Waals surface area contributed by atoms with Gasteiger partial charge in [-0.25, -0.2) is 18.1 Å². The molecule has 3 rings (SSSR count). The Labute approximate surface area is 147 Å². The maximum absolute atomic E-state index is 12.2. The maximum atomic E-state index is 12.2. The van der Waals surface area contributed by atoms with Crippen LogP contribution in [0.25, 0.3) is 10.6 Å². The fourth-order valence-electron chi connectivity index (χ4n) is 1.97. The van der Waals surface area contributed by atoms with Gasteiger partial charge in [0.1, 0.15) is 9.22 Å². The molecule has 3 aromatic rings. The topological polar surface area (TPSA) is 59.1 Å². The molecule has 0 aliphatic heterocycles. The van der Waals surface area contributed by atoms with Crippen molar-refractivity contribution < 1.29 is 8.42 Å². The van der Waals surface area contributed by atoms with Crippen molar-refractivity contribution in [2.24, 2.45) is 0 Å². The first-order valence-corrected chi connectivity index (χ1v) is 10.2. The molecule has 2 heterocycles. The molecule has 23 heavy (non-hydrogen) atoms. The van der Waals surface area contributed by atoms with E-state index < -0.39 is 10.0 Å². The maximum Gasteiger partial charge on any atom is 0.250 e. The highest BCUT2D eigenvalue weighted by molar-refractivity contribution is 7.91. The molecule has 4 nitrogen and oxygen atoms in total. The second-order valence-electron chi connectivity index (χ2n) is 4.78. The number of rotatable bonds is 5. The Morgan fingerprint density at radius 3 is 2.52 bits per heavy atom. The van der Waals surface area contributed by atoms with Crippen LogP contribution < -0.4 is 4.72 Å². The zero-order valence-corrected chi connectivity index (χ0v) is 15.3. The van der Waals surface area contributed by atoms with E-state index in [1.807, 2.05) is 37.3 Å². The normalized spacial score (nSPS) is 11.7. The van der Waals surface area contributed by atoms with Crippen LogP contribution >= 0.6 is 34.3 Å². The predicted molar refractivity (Wildman–Crippen MR) is 95.6 cm³/mol. The number of halogens is 1. The Morgan fingerprint density at radius 2 is 1.87 bits per heavy atom. The summed E-state index contributed by atoms with van der Waals surface area (Å²) in [6.07, 6.45) is 0. The largest absolute Gasteiger partial charge is 0.250 e. The number of hydrogen-bond acceptors (Lipinski definition) is 5. The Bertz CT molecular complexity index is 917. The Hall–Kier alpha value is -1.25. The van der Waals surface area contributed by atoms with E-state index in [2.05, 4.69) is 9.71 Å². The molecule has 2 aromatic heterocycles. The first kappa shape index (κ1) is 16.6. The second kappa shape index (κ2) is 6.70. The molecule has 0 atom stereocenters. The zero-order chi connectivity index (χ0) is 16.4. The summed E-state index contributed by atoms with van der Waals surface area (Å²) in [5.41, 5.74) is 1.86. The van der Waals surface area contributed by atoms with Gasteiger partial charge in [-0.3, -0.25) is 0 Å². The molecule has 0 saturated heterocycles. The van der Waals surface area contributed by atoms with Crippen LogP contribution in [-0.2, 0) is 16.6 Å². The molecule has 0 saturated carbocycles. The monoisotopic (exact) mass is 384 g/mol. The van der Waals surface area contributed by atoms with Crippen molar-refractivity contribution in [1.82, 2.24) is 9.71 Å². The van der Waals surface area contributed by atoms with E-state index in [1.165, 1.54) is 17.4 Å². The number of aryl methyl sites for hydroxylation is 1. The van der Waals surface area contributed by atoms with Gasteiger partial charge in [-0.05, 0) is 19.1 Å². The molecule has 0 radical (unpaired) electrons. The van der Waals surface area contributed by atoms with Gasteiger partial charge >= 0.3 is 0 Å². The van der Waals surface area contributed by atoms with E-state index in [-0.39, 0.29) is 10.8 Å². The highest BCUT2D eigenvalue weighted by atomic mass is 35.5. The highest BCUT2D eigenvalue weighted by Gasteiger charge is 2.18. The SMILES string of the molecule is Cc1nc(-c2ccccc2)sc1CNS(=O)(=O)c1ccc(Cl)s1. The molecular formula is C15H13ClN2O2S3. The lowest BCUT2D eigenvalue weighted by Crippen LogP contribution is -2.22. The molecule has 0 aliphatic carbocycles. The highest BCUT2D eigenvalue weighted by Crippen LogP contribution is 2.29. The van der Waals surface area contributed by atoms with Crippen LogP contribution in [0.3, 0.4) is 0 Å². The third-order valence-corrected chi connectivity index (χ3v) is 7.48. The van der Waals surface area contributed by atoms with Crippen LogP contribution in [0.4, 0.5) is 0 Å². The smallest absolute Gasteiger partial charge is 0.241 e. The quantitative estimate of drug-likeness (QED) is 0.712. The minimum absolute atomic E-state index is 0.216. The lowest BCUT2D eigenvalue weighted by Gasteiger charge is -2.03. The van der Waals surface area contributed by atoms with Crippen LogP contribution in [0.15, 0.2) is 46.7 Å². The molecule has 1 aromatic carbocycles. The van der Waals surface area contributed by atoms with E-state index in [1.54, 1.807) is 6.07 Å². The average molecular weight is 385 g/mol. The molecule has 0 fully saturated rings. The molecule has 0 unspecified atom stereocenters. The van der Waals surface area contributed by atoms with Gasteiger partial charge in [0.15, 0.2) is 0 Å². The number of thiophene rings is 1. The number of thiazole rings is 1. The van der Waals surface area contributed by atoms with Crippen molar-refractivity contribution in [1.29, 1.82) is 0 Å². The van der Waals surface area contributed by atoms with Crippen LogP contribution in [0, 0.1) is 6.92 Å². The Balaban J connectivity index is 1.78. The van der Waals surface area contributed by atoms with Crippen LogP contribution in [0.1, 0.15) is 10.6 Å². The van der Waals surface area contributed by atoms with Crippen LogP contribution in [0.5, 0.6) is 0 Å². The van der Waals surface area contributed by atoms with Crippen molar-refractivity contribution in [3.8, 4) is 10.6 Å². The van der Waals surface area contributed by atoms with Crippen molar-refractivity contribution in [2.45, 2.75) is 17.7 Å². The van der Waals surface area contributed by atoms with E-state index in [0.717, 1.165) is 32.5 Å². The molecule has 120 valence electrons. The summed E-state index contributed by atoms with van der Waals surface area (Å²) in [6, 6.07) is 12.9. The van der Waals surface area contributed by atoms with Crippen molar-refractivity contribution >= 4 is 44.3 Å². The molecular weight excluding hydrogens is 372 g/mol. The van der Waals surface area contributed by atoms with Gasteiger partial charge in [0.05, 0.1) is 10.0 Å². The number of hydrogen-bond donors (Lipinski definition) is 1. The summed E-state index contributed by atoms with van der Waals surface area (Å²) < 4.78 is 27.7. The van der Waals surface area contributed by atoms with Gasteiger partial charge in [0, 0.05) is 17.0 Å². The van der Waals surface area contributed by atoms with Gasteiger partial charge in [-0.2, -0.15) is 0 Å². The number of sulfonamides is 1. The summed E-state index contributed by atoms with van der Waals surface area (Å²) in [5, 5.41) is 0.886. The Morgan fingerprint density at radius 1 is 1.13 bits per heavy atom. The number of nitrogens with zero attached hydrogens (tertiary/aromatic N) is 1. The Kier molecular flexibility index (Phi) is 4.84. The third kappa shape index (κ3) is 3.81. The van der Waals surface area contributed by atoms with Crippen molar-refractivity contribution in [3.63, 3.8) is 0 Å². The van der Waals surface area contributed by atoms with Crippen molar-refractivity contribution in [2.75, 3.05) is 0 Å². The van der Waals surface area contributed by atoms with Crippen molar-refractivity contribution in [3.05, 3.63) is 57.4 Å². The summed E-state index contributed by atoms with van der Waals surface area (Å²) in [4.78, 5) is 5.42. The third-order valence-electron chi connectivity index (χ3n) is 3.15. The van der Waals surface area contributed by atoms with E-state index in [0.29, 0.717) is 4.34 Å². The molecule has 0 bridgehead atoms. The van der Waals surface area contributed by atoms with Gasteiger partial charge in [0.2, 0.25) is 10.0 Å². The molecule has 8 heteroatoms. The number of aromatic nitrogens is 1. The van der Waals surface area contributed by atoms with Gasteiger partial charge in [0.25, 0.3) is 0 Å². The van der Waals surface area contributed by atoms with E-state index in [4.69, 9.17) is 11.6 Å². The lowest BCUT2D eigenvalue weighted by atomic mass is 10.2. The van der Waals surface area contributed by atoms with Gasteiger partial charge < -0.3 is 0 Å². The second-order valence-corrected chi connectivity index (χ2v) is 9.57. The standard InChI is InChI=1S/C15H13ClN2O2S3/c1-10-12(21-15(18-10)11-5-3-2-4-6-11)9-17-23(19,20)14-8-7-13(16)22-14/h2-8,17H,9H2,1H3. The van der Waals surface area contributed by atoms with Crippen LogP contribution in [-0.4, -0.2) is 13.4 Å². The molecule has 0 aliphatic rings. The molecule has 0 spiro atoms. The summed E-state index contributed by atoms with van der Waals surface area (Å²) in [7, 11) is -3.55. The predicted octanol–water partition coefficient (Wildman–Crippen LogP) is 4.31. The van der Waals surface area contributed by atoms with E-state index >= 15 is 0 Å². The fourth-order valence-corrected chi connectivity index (χ4v) is 5.59. The summed E-state index contributed by atoms with van der Waals surface area (Å²) >= 11 is 8.33. The number of benzene rings is 1. The van der Waals surface area contributed by atoms with Gasteiger partial charge in [-0.1, -0.05) is 41.9 Å². The minimum Gasteiger partial charge on any atom is -0.241 e. The summed E-state index contributed by atoms with van der Waals surface area (Å²) in [5.74, 6) is 0. The average Bonchev–Trinajstić information content (AvgIpc) is 3.13. The number of nitrogens with one attached hydrogen (secondary N) is 1.